The summed E-state index contributed by atoms with van der Waals surface area (Å²) in [5.41, 5.74) is 0. The van der Waals surface area contributed by atoms with Crippen LogP contribution >= 0.6 is 27.3 Å². The van der Waals surface area contributed by atoms with Crippen molar-refractivity contribution in [1.82, 2.24) is 10.6 Å². The van der Waals surface area contributed by atoms with E-state index >= 15 is 0 Å². The molecule has 1 saturated heterocycles. The van der Waals surface area contributed by atoms with Crippen LogP contribution in [-0.2, 0) is 11.3 Å². The molecular weight excluding hydrogens is 264 g/mol. The summed E-state index contributed by atoms with van der Waals surface area (Å²) in [5.74, 6) is 0.340. The minimum atomic E-state index is 0.160. The molecule has 0 saturated carbocycles. The fourth-order valence-electron chi connectivity index (χ4n) is 1.24. The van der Waals surface area contributed by atoms with Crippen LogP contribution in [0.1, 0.15) is 4.88 Å². The summed E-state index contributed by atoms with van der Waals surface area (Å²) in [6.07, 6.45) is 0. The van der Waals surface area contributed by atoms with Crippen molar-refractivity contribution < 1.29 is 4.79 Å². The van der Waals surface area contributed by atoms with Crippen LogP contribution in [-0.4, -0.2) is 19.0 Å². The van der Waals surface area contributed by atoms with E-state index in [1.165, 1.54) is 4.88 Å². The largest absolute Gasteiger partial charge is 0.351 e. The molecule has 1 fully saturated rings. The second-order valence-electron chi connectivity index (χ2n) is 3.28. The van der Waals surface area contributed by atoms with Crippen LogP contribution in [0.5, 0.6) is 0 Å². The third kappa shape index (κ3) is 2.34. The molecule has 2 N–H and O–H groups in total. The first-order valence-electron chi connectivity index (χ1n) is 4.48. The number of rotatable bonds is 3. The van der Waals surface area contributed by atoms with Gasteiger partial charge in [-0.2, -0.15) is 0 Å². The molecule has 0 atom stereocenters. The maximum absolute atomic E-state index is 11.4. The van der Waals surface area contributed by atoms with Crippen molar-refractivity contribution in [2.45, 2.75) is 6.54 Å². The lowest BCUT2D eigenvalue weighted by Crippen LogP contribution is -2.50. The van der Waals surface area contributed by atoms with E-state index in [4.69, 9.17) is 0 Å². The average Bonchev–Trinajstić information content (AvgIpc) is 2.45. The third-order valence-corrected chi connectivity index (χ3v) is 3.84. The second-order valence-corrected chi connectivity index (χ2v) is 5.83. The zero-order valence-corrected chi connectivity index (χ0v) is 9.95. The number of amides is 1. The number of nitrogens with one attached hydrogen (secondary N) is 2. The van der Waals surface area contributed by atoms with E-state index in [1.807, 2.05) is 12.1 Å². The molecule has 0 aliphatic carbocycles. The number of carbonyl (C=O) groups excluding carboxylic acids is 1. The maximum atomic E-state index is 11.4. The molecule has 0 bridgehead atoms. The SMILES string of the molecule is O=C(NCc1ccc(Br)s1)C1CNC1. The van der Waals surface area contributed by atoms with Crippen LogP contribution in [0.25, 0.3) is 0 Å². The zero-order chi connectivity index (χ0) is 9.97. The Labute approximate surface area is 95.0 Å². The molecule has 3 nitrogen and oxygen atoms in total. The first-order valence-corrected chi connectivity index (χ1v) is 6.09. The molecule has 0 aromatic carbocycles. The Morgan fingerprint density at radius 3 is 2.93 bits per heavy atom. The van der Waals surface area contributed by atoms with Crippen LogP contribution < -0.4 is 10.6 Å². The summed E-state index contributed by atoms with van der Waals surface area (Å²) in [6.45, 7) is 2.28. The minimum Gasteiger partial charge on any atom is -0.351 e. The summed E-state index contributed by atoms with van der Waals surface area (Å²) in [5, 5.41) is 6.00. The van der Waals surface area contributed by atoms with Gasteiger partial charge in [-0.05, 0) is 28.1 Å². The molecule has 1 aromatic heterocycles. The maximum Gasteiger partial charge on any atom is 0.225 e. The fraction of sp³-hybridized carbons (Fsp3) is 0.444. The van der Waals surface area contributed by atoms with E-state index in [0.29, 0.717) is 6.54 Å². The van der Waals surface area contributed by atoms with E-state index in [9.17, 15) is 4.79 Å². The number of hydrogen-bond acceptors (Lipinski definition) is 3. The lowest BCUT2D eigenvalue weighted by atomic mass is 10.0. The van der Waals surface area contributed by atoms with E-state index in [2.05, 4.69) is 26.6 Å². The summed E-state index contributed by atoms with van der Waals surface area (Å²) in [6, 6.07) is 4.02. The highest BCUT2D eigenvalue weighted by Gasteiger charge is 2.24. The van der Waals surface area contributed by atoms with Gasteiger partial charge >= 0.3 is 0 Å². The molecule has 2 heterocycles. The number of carbonyl (C=O) groups is 1. The summed E-state index contributed by atoms with van der Waals surface area (Å²) >= 11 is 5.04. The highest BCUT2D eigenvalue weighted by Crippen LogP contribution is 2.21. The summed E-state index contributed by atoms with van der Waals surface area (Å²) in [4.78, 5) is 12.6. The topological polar surface area (TPSA) is 41.1 Å². The Morgan fingerprint density at radius 1 is 1.64 bits per heavy atom. The van der Waals surface area contributed by atoms with Crippen molar-refractivity contribution in [1.29, 1.82) is 0 Å². The lowest BCUT2D eigenvalue weighted by Gasteiger charge is -2.25. The molecule has 14 heavy (non-hydrogen) atoms. The first-order chi connectivity index (χ1) is 6.75. The molecule has 1 aliphatic rings. The molecule has 5 heteroatoms. The predicted molar refractivity (Wildman–Crippen MR) is 60.2 cm³/mol. The Morgan fingerprint density at radius 2 is 2.43 bits per heavy atom. The Bertz CT molecular complexity index is 335. The van der Waals surface area contributed by atoms with Crippen molar-refractivity contribution >= 4 is 33.2 Å². The van der Waals surface area contributed by atoms with Gasteiger partial charge in [0.15, 0.2) is 0 Å². The van der Waals surface area contributed by atoms with Crippen molar-refractivity contribution in [3.8, 4) is 0 Å². The van der Waals surface area contributed by atoms with Gasteiger partial charge in [0, 0.05) is 18.0 Å². The molecule has 2 rings (SSSR count). The standard InChI is InChI=1S/C9H11BrN2OS/c10-8-2-1-7(14-8)5-12-9(13)6-3-11-4-6/h1-2,6,11H,3-5H2,(H,12,13). The highest BCUT2D eigenvalue weighted by molar-refractivity contribution is 9.11. The van der Waals surface area contributed by atoms with Crippen LogP contribution in [0.15, 0.2) is 15.9 Å². The van der Waals surface area contributed by atoms with E-state index < -0.39 is 0 Å². The predicted octanol–water partition coefficient (Wildman–Crippen LogP) is 1.35. The van der Waals surface area contributed by atoms with Crippen molar-refractivity contribution in [3.05, 3.63) is 20.8 Å². The van der Waals surface area contributed by atoms with Gasteiger partial charge in [0.2, 0.25) is 5.91 Å². The fourth-order valence-corrected chi connectivity index (χ4v) is 2.66. The molecule has 0 unspecified atom stereocenters. The smallest absolute Gasteiger partial charge is 0.225 e. The van der Waals surface area contributed by atoms with Gasteiger partial charge in [-0.1, -0.05) is 0 Å². The van der Waals surface area contributed by atoms with Gasteiger partial charge < -0.3 is 10.6 Å². The minimum absolute atomic E-state index is 0.160. The lowest BCUT2D eigenvalue weighted by molar-refractivity contribution is -0.126. The Balaban J connectivity index is 1.79. The van der Waals surface area contributed by atoms with Crippen molar-refractivity contribution in [3.63, 3.8) is 0 Å². The van der Waals surface area contributed by atoms with E-state index in [1.54, 1.807) is 11.3 Å². The van der Waals surface area contributed by atoms with Crippen LogP contribution in [0.4, 0.5) is 0 Å². The summed E-state index contributed by atoms with van der Waals surface area (Å²) < 4.78 is 1.10. The molecule has 76 valence electrons. The Kier molecular flexibility index (Phi) is 3.20. The zero-order valence-electron chi connectivity index (χ0n) is 7.55. The normalized spacial score (nSPS) is 16.4. The molecule has 1 amide bonds. The number of halogens is 1. The Hall–Kier alpha value is -0.390. The second kappa shape index (κ2) is 4.42. The van der Waals surface area contributed by atoms with Crippen molar-refractivity contribution in [2.75, 3.05) is 13.1 Å². The molecule has 1 aliphatic heterocycles. The summed E-state index contributed by atoms with van der Waals surface area (Å²) in [7, 11) is 0. The quantitative estimate of drug-likeness (QED) is 0.874. The van der Waals surface area contributed by atoms with E-state index in [0.717, 1.165) is 16.9 Å². The monoisotopic (exact) mass is 274 g/mol. The van der Waals surface area contributed by atoms with Crippen LogP contribution in [0, 0.1) is 5.92 Å². The number of hydrogen-bond donors (Lipinski definition) is 2. The van der Waals surface area contributed by atoms with Gasteiger partial charge in [-0.3, -0.25) is 4.79 Å². The van der Waals surface area contributed by atoms with Crippen LogP contribution in [0.2, 0.25) is 0 Å². The van der Waals surface area contributed by atoms with Gasteiger partial charge in [0.1, 0.15) is 0 Å². The van der Waals surface area contributed by atoms with Gasteiger partial charge in [-0.15, -0.1) is 11.3 Å². The van der Waals surface area contributed by atoms with Gasteiger partial charge in [0.05, 0.1) is 16.2 Å². The first kappa shape index (κ1) is 10.1. The molecule has 0 radical (unpaired) electrons. The van der Waals surface area contributed by atoms with Crippen LogP contribution in [0.3, 0.4) is 0 Å². The van der Waals surface area contributed by atoms with Crippen molar-refractivity contribution in [2.24, 2.45) is 5.92 Å². The highest BCUT2D eigenvalue weighted by atomic mass is 79.9. The molecule has 1 aromatic rings. The average molecular weight is 275 g/mol. The third-order valence-electron chi connectivity index (χ3n) is 2.22. The van der Waals surface area contributed by atoms with Gasteiger partial charge in [-0.25, -0.2) is 0 Å². The molecule has 0 spiro atoms. The molecular formula is C9H11BrN2OS. The van der Waals surface area contributed by atoms with Gasteiger partial charge in [0.25, 0.3) is 0 Å². The number of thiophene rings is 1. The van der Waals surface area contributed by atoms with E-state index in [-0.39, 0.29) is 11.8 Å².